The Labute approximate surface area is 202 Å². The van der Waals surface area contributed by atoms with Gasteiger partial charge in [-0.15, -0.1) is 0 Å². The first-order chi connectivity index (χ1) is 16.7. The largest absolute Gasteiger partial charge is 0.464 e. The average molecular weight is 479 g/mol. The van der Waals surface area contributed by atoms with E-state index < -0.39 is 30.6 Å². The number of carbonyl (C=O) groups excluding carboxylic acids is 3. The molecule has 2 heterocycles. The minimum absolute atomic E-state index is 0.0345. The predicted octanol–water partition coefficient (Wildman–Crippen LogP) is 2.98. The molecule has 0 bridgehead atoms. The number of amides is 2. The van der Waals surface area contributed by atoms with Crippen molar-refractivity contribution in [3.63, 3.8) is 0 Å². The summed E-state index contributed by atoms with van der Waals surface area (Å²) in [4.78, 5) is 39.6. The van der Waals surface area contributed by atoms with E-state index in [1.807, 2.05) is 37.2 Å². The van der Waals surface area contributed by atoms with Crippen LogP contribution in [0.4, 0.5) is 10.5 Å². The van der Waals surface area contributed by atoms with Crippen molar-refractivity contribution in [3.05, 3.63) is 70.3 Å². The van der Waals surface area contributed by atoms with Gasteiger partial charge in [-0.2, -0.15) is 5.26 Å². The van der Waals surface area contributed by atoms with Crippen LogP contribution >= 0.6 is 0 Å². The topological polar surface area (TPSA) is 134 Å². The average Bonchev–Trinajstić information content (AvgIpc) is 3.27. The van der Waals surface area contributed by atoms with Crippen molar-refractivity contribution in [3.8, 4) is 6.07 Å². The molecular weight excluding hydrogens is 452 g/mol. The lowest BCUT2D eigenvalue weighted by atomic mass is 10.0. The van der Waals surface area contributed by atoms with Gasteiger partial charge in [0.1, 0.15) is 35.8 Å². The molecule has 1 aliphatic rings. The van der Waals surface area contributed by atoms with Crippen molar-refractivity contribution < 1.29 is 28.3 Å². The number of aryl methyl sites for hydroxylation is 1. The highest BCUT2D eigenvalue weighted by Crippen LogP contribution is 2.29. The maximum atomic E-state index is 12.7. The number of hydrogen-bond donors (Lipinski definition) is 2. The lowest BCUT2D eigenvalue weighted by molar-refractivity contribution is -0.140. The van der Waals surface area contributed by atoms with Gasteiger partial charge in [-0.05, 0) is 49.8 Å². The molecule has 10 heteroatoms. The maximum absolute atomic E-state index is 12.7. The van der Waals surface area contributed by atoms with Crippen LogP contribution in [0, 0.1) is 18.3 Å². The highest BCUT2D eigenvalue weighted by molar-refractivity contribution is 5.98. The summed E-state index contributed by atoms with van der Waals surface area (Å²) in [6, 6.07) is 10.8. The third-order valence-corrected chi connectivity index (χ3v) is 5.10. The summed E-state index contributed by atoms with van der Waals surface area (Å²) in [7, 11) is 3.80. The van der Waals surface area contributed by atoms with Crippen molar-refractivity contribution >= 4 is 29.7 Å². The second-order valence-electron chi connectivity index (χ2n) is 7.82. The Hall–Kier alpha value is -4.52. The number of nitriles is 1. The number of anilines is 1. The molecule has 1 unspecified atom stereocenters. The Morgan fingerprint density at radius 3 is 2.46 bits per heavy atom. The van der Waals surface area contributed by atoms with Crippen molar-refractivity contribution in [1.29, 1.82) is 5.26 Å². The minimum Gasteiger partial charge on any atom is -0.464 e. The van der Waals surface area contributed by atoms with Gasteiger partial charge in [0.05, 0.1) is 17.9 Å². The van der Waals surface area contributed by atoms with Crippen LogP contribution in [0.1, 0.15) is 30.0 Å². The first-order valence-corrected chi connectivity index (χ1v) is 10.8. The Bertz CT molecular complexity index is 1220. The number of carbonyl (C=O) groups is 3. The molecule has 3 rings (SSSR count). The highest BCUT2D eigenvalue weighted by Gasteiger charge is 2.36. The molecule has 0 aliphatic carbocycles. The molecule has 0 saturated heterocycles. The van der Waals surface area contributed by atoms with Gasteiger partial charge in [0, 0.05) is 19.8 Å². The lowest BCUT2D eigenvalue weighted by Crippen LogP contribution is -2.47. The summed E-state index contributed by atoms with van der Waals surface area (Å²) in [5, 5.41) is 14.6. The summed E-state index contributed by atoms with van der Waals surface area (Å²) in [6.45, 7) is 3.01. The third-order valence-electron chi connectivity index (χ3n) is 5.10. The van der Waals surface area contributed by atoms with Gasteiger partial charge in [-0.1, -0.05) is 12.1 Å². The number of benzene rings is 1. The zero-order valence-electron chi connectivity index (χ0n) is 19.9. The quantitative estimate of drug-likeness (QED) is 0.336. The second-order valence-corrected chi connectivity index (χ2v) is 7.82. The SMILES string of the molecule is CCOC(=O)C1=C(COC(=O)/C(C#N)=C/c2ccc(N(C)C)cc2)NC(=O)NC1c1ccc(C)o1. The van der Waals surface area contributed by atoms with Crippen molar-refractivity contribution in [2.24, 2.45) is 0 Å². The molecule has 1 aliphatic heterocycles. The minimum atomic E-state index is -0.939. The van der Waals surface area contributed by atoms with E-state index >= 15 is 0 Å². The fourth-order valence-corrected chi connectivity index (χ4v) is 3.39. The van der Waals surface area contributed by atoms with Gasteiger partial charge in [0.15, 0.2) is 0 Å². The number of hydrogen-bond acceptors (Lipinski definition) is 8. The van der Waals surface area contributed by atoms with E-state index in [4.69, 9.17) is 13.9 Å². The van der Waals surface area contributed by atoms with Crippen molar-refractivity contribution in [1.82, 2.24) is 10.6 Å². The molecule has 0 radical (unpaired) electrons. The normalized spacial score (nSPS) is 15.6. The van der Waals surface area contributed by atoms with Gasteiger partial charge in [-0.25, -0.2) is 14.4 Å². The van der Waals surface area contributed by atoms with E-state index in [9.17, 15) is 19.6 Å². The number of esters is 2. The van der Waals surface area contributed by atoms with E-state index in [-0.39, 0.29) is 23.5 Å². The standard InChI is InChI=1S/C25H26N4O6/c1-5-33-24(31)21-19(27-25(32)28-22(21)20-11-6-15(2)35-20)14-34-23(30)17(13-26)12-16-7-9-18(10-8-16)29(3)4/h6-12,22H,5,14H2,1-4H3,(H2,27,28,32)/b17-12+. The number of urea groups is 1. The van der Waals surface area contributed by atoms with Gasteiger partial charge in [0.2, 0.25) is 0 Å². The number of ether oxygens (including phenoxy) is 2. The summed E-state index contributed by atoms with van der Waals surface area (Å²) in [6.07, 6.45) is 1.40. The van der Waals surface area contributed by atoms with Crippen LogP contribution in [-0.2, 0) is 19.1 Å². The Balaban J connectivity index is 1.85. The molecule has 1 aromatic carbocycles. The first-order valence-electron chi connectivity index (χ1n) is 10.8. The summed E-state index contributed by atoms with van der Waals surface area (Å²) < 4.78 is 16.0. The zero-order valence-corrected chi connectivity index (χ0v) is 19.9. The molecule has 35 heavy (non-hydrogen) atoms. The van der Waals surface area contributed by atoms with E-state index in [1.54, 1.807) is 38.1 Å². The molecular formula is C25H26N4O6. The molecule has 2 N–H and O–H groups in total. The Kier molecular flexibility index (Phi) is 7.94. The van der Waals surface area contributed by atoms with E-state index in [0.29, 0.717) is 17.1 Å². The van der Waals surface area contributed by atoms with Crippen molar-refractivity contribution in [2.45, 2.75) is 19.9 Å². The summed E-state index contributed by atoms with van der Waals surface area (Å²) in [5.41, 5.74) is 1.44. The lowest BCUT2D eigenvalue weighted by Gasteiger charge is -2.27. The molecule has 182 valence electrons. The van der Waals surface area contributed by atoms with E-state index in [2.05, 4.69) is 10.6 Å². The number of nitrogens with zero attached hydrogens (tertiary/aromatic N) is 2. The fraction of sp³-hybridized carbons (Fsp3) is 0.280. The Morgan fingerprint density at radius 1 is 1.17 bits per heavy atom. The van der Waals surface area contributed by atoms with Crippen LogP contribution in [0.5, 0.6) is 0 Å². The van der Waals surface area contributed by atoms with Gasteiger partial charge in [-0.3, -0.25) is 0 Å². The molecule has 10 nitrogen and oxygen atoms in total. The second kappa shape index (κ2) is 11.1. The van der Waals surface area contributed by atoms with Crippen LogP contribution in [0.25, 0.3) is 6.08 Å². The van der Waals surface area contributed by atoms with Gasteiger partial charge in [0.25, 0.3) is 0 Å². The maximum Gasteiger partial charge on any atom is 0.349 e. The first kappa shape index (κ1) is 25.1. The Morgan fingerprint density at radius 2 is 1.89 bits per heavy atom. The molecule has 0 saturated carbocycles. The molecule has 0 spiro atoms. The van der Waals surface area contributed by atoms with Crippen LogP contribution in [0.15, 0.2) is 57.7 Å². The van der Waals surface area contributed by atoms with E-state index in [0.717, 1.165) is 5.69 Å². The zero-order chi connectivity index (χ0) is 25.5. The number of furan rings is 1. The smallest absolute Gasteiger partial charge is 0.349 e. The van der Waals surface area contributed by atoms with Crippen molar-refractivity contribution in [2.75, 3.05) is 32.2 Å². The monoisotopic (exact) mass is 478 g/mol. The molecule has 2 aromatic rings. The molecule has 1 atom stereocenters. The number of rotatable bonds is 8. The van der Waals surface area contributed by atoms with Crippen LogP contribution in [0.3, 0.4) is 0 Å². The third kappa shape index (κ3) is 6.09. The molecule has 0 fully saturated rings. The van der Waals surface area contributed by atoms with Crippen LogP contribution in [-0.4, -0.2) is 45.3 Å². The number of nitrogens with one attached hydrogen (secondary N) is 2. The predicted molar refractivity (Wildman–Crippen MR) is 127 cm³/mol. The molecule has 2 amide bonds. The highest BCUT2D eigenvalue weighted by atomic mass is 16.5. The summed E-state index contributed by atoms with van der Waals surface area (Å²) in [5.74, 6) is -0.699. The van der Waals surface area contributed by atoms with Gasteiger partial charge >= 0.3 is 18.0 Å². The molecule has 1 aromatic heterocycles. The van der Waals surface area contributed by atoms with E-state index in [1.165, 1.54) is 6.08 Å². The summed E-state index contributed by atoms with van der Waals surface area (Å²) >= 11 is 0. The van der Waals surface area contributed by atoms with Gasteiger partial charge < -0.3 is 29.4 Å². The van der Waals surface area contributed by atoms with Crippen LogP contribution in [0.2, 0.25) is 0 Å². The van der Waals surface area contributed by atoms with Crippen LogP contribution < -0.4 is 15.5 Å². The fourth-order valence-electron chi connectivity index (χ4n) is 3.39.